The fourth-order valence-corrected chi connectivity index (χ4v) is 11.5. The van der Waals surface area contributed by atoms with Crippen LogP contribution in [0.3, 0.4) is 0 Å². The van der Waals surface area contributed by atoms with Gasteiger partial charge >= 0.3 is 5.97 Å². The molecule has 29 nitrogen and oxygen atoms in total. The first-order valence-electron chi connectivity index (χ1n) is 34.1. The molecule has 566 valence electrons. The van der Waals surface area contributed by atoms with Crippen LogP contribution in [-0.4, -0.2) is 239 Å². The Morgan fingerprint density at radius 1 is 0.569 bits per heavy atom. The van der Waals surface area contributed by atoms with Gasteiger partial charge in [0.25, 0.3) is 0 Å². The number of esters is 1. The molecule has 2 aliphatic heterocycles. The van der Waals surface area contributed by atoms with E-state index in [1.54, 1.807) is 38.1 Å². The van der Waals surface area contributed by atoms with Gasteiger partial charge < -0.3 is 90.5 Å². The van der Waals surface area contributed by atoms with Crippen LogP contribution >= 0.6 is 0 Å². The van der Waals surface area contributed by atoms with Gasteiger partial charge in [0.1, 0.15) is 70.8 Å². The highest BCUT2D eigenvalue weighted by Gasteiger charge is 2.42. The predicted molar refractivity (Wildman–Crippen MR) is 403 cm³/mol. The van der Waals surface area contributed by atoms with E-state index in [0.717, 1.165) is 90.4 Å². The topological polar surface area (TPSA) is 407 Å². The highest BCUT2D eigenvalue weighted by molar-refractivity contribution is 6.36. The minimum atomic E-state index is -0.963. The number of aryl methyl sites for hydroxylation is 2. The molecule has 8 heterocycles. The van der Waals surface area contributed by atoms with E-state index < -0.39 is 48.4 Å². The van der Waals surface area contributed by atoms with Crippen molar-refractivity contribution >= 4 is 101 Å². The lowest BCUT2D eigenvalue weighted by Gasteiger charge is -2.42. The van der Waals surface area contributed by atoms with Gasteiger partial charge in [0.05, 0.1) is 103 Å². The van der Waals surface area contributed by atoms with Crippen molar-refractivity contribution in [2.75, 3.05) is 100 Å². The van der Waals surface area contributed by atoms with Crippen LogP contribution in [-0.2, 0) is 77.3 Å². The van der Waals surface area contributed by atoms with Crippen LogP contribution in [0.5, 0.6) is 0 Å². The first-order valence-corrected chi connectivity index (χ1v) is 34.1. The van der Waals surface area contributed by atoms with Crippen LogP contribution in [0.4, 0.5) is 17.5 Å². The predicted octanol–water partition coefficient (Wildman–Crippen LogP) is 6.01. The number of imidazole rings is 3. The molecule has 2 saturated heterocycles. The molecule has 0 unspecified atom stereocenters. The average Bonchev–Trinajstić information content (AvgIpc) is 1.59. The smallest absolute Gasteiger partial charge is 0.374 e. The number of β-amino-alcohol motifs (C(OH)–C–C–N with tert-alkyl or cyclic N) is 2. The normalized spacial score (nSPS) is 18.9. The number of aromatic nitrogens is 9. The zero-order valence-corrected chi connectivity index (χ0v) is 63.8. The molecule has 0 amide bonds. The summed E-state index contributed by atoms with van der Waals surface area (Å²) < 4.78 is 31.2. The number of piperidine rings is 2. The summed E-state index contributed by atoms with van der Waals surface area (Å²) in [4.78, 5) is 61.8. The number of nitrogens with two attached hydrogens (primary N) is 3. The molecule has 2 fully saturated rings. The molecule has 11 rings (SSSR count). The summed E-state index contributed by atoms with van der Waals surface area (Å²) in [5.41, 5.74) is 25.8. The van der Waals surface area contributed by atoms with Gasteiger partial charge in [0, 0.05) is 77.2 Å². The van der Waals surface area contributed by atoms with Crippen molar-refractivity contribution in [2.24, 2.45) is 14.1 Å². The second-order valence-corrected chi connectivity index (χ2v) is 25.2. The van der Waals surface area contributed by atoms with Crippen LogP contribution in [0.25, 0.3) is 65.8 Å². The molecule has 6 aromatic heterocycles. The van der Waals surface area contributed by atoms with E-state index in [2.05, 4.69) is 90.9 Å². The first-order chi connectivity index (χ1) is 48.4. The second kappa shape index (κ2) is 41.3. The Hall–Kier alpha value is -8.01. The number of likely N-dealkylation sites (tertiary alicyclic amines) is 2. The number of rotatable bonds is 14. The van der Waals surface area contributed by atoms with Gasteiger partial charge in [-0.15, -0.1) is 0 Å². The number of para-hydroxylation sites is 3. The molecule has 0 radical (unpaired) electrons. The van der Waals surface area contributed by atoms with Crippen molar-refractivity contribution in [1.29, 1.82) is 0 Å². The number of ether oxygens (including phenoxy) is 5. The third kappa shape index (κ3) is 21.8. The van der Waals surface area contributed by atoms with Crippen LogP contribution in [0.1, 0.15) is 107 Å². The number of nitrogen functional groups attached to an aromatic ring is 3. The van der Waals surface area contributed by atoms with Crippen LogP contribution in [0, 0.1) is 0 Å². The molecule has 29 heteroatoms. The maximum atomic E-state index is 10.5. The van der Waals surface area contributed by atoms with Crippen LogP contribution in [0.2, 0.25) is 0 Å². The summed E-state index contributed by atoms with van der Waals surface area (Å²) in [7, 11) is 16.8. The number of hydrogen-bond donors (Lipinski definition) is 10. The largest absolute Gasteiger partial charge is 0.463 e. The molecule has 8 atom stereocenters. The molecular weight excluding hydrogens is 1310 g/mol. The fourth-order valence-electron chi connectivity index (χ4n) is 11.5. The number of aliphatic hydroxyl groups excluding tert-OH is 6. The summed E-state index contributed by atoms with van der Waals surface area (Å²) in [5.74, 6) is 2.12. The van der Waals surface area contributed by atoms with E-state index in [9.17, 15) is 34.8 Å². The highest BCUT2D eigenvalue weighted by atomic mass is 16.5. The number of Topliss-reactive ketones (excluding diaryl/α,β-unsaturated/α-hetero) is 2. The van der Waals surface area contributed by atoms with Crippen molar-refractivity contribution in [3.8, 4) is 0 Å². The Balaban J connectivity index is 0.000000320. The number of aliphatic hydroxyl groups is 6. The van der Waals surface area contributed by atoms with Crippen molar-refractivity contribution < 1.29 is 68.7 Å². The number of fused-ring (bicyclic) bond motifs is 9. The molecule has 0 bridgehead atoms. The van der Waals surface area contributed by atoms with E-state index in [1.165, 1.54) is 21.1 Å². The zero-order chi connectivity index (χ0) is 77.3. The Kier molecular flexibility index (Phi) is 35.7. The summed E-state index contributed by atoms with van der Waals surface area (Å²) >= 11 is 0. The van der Waals surface area contributed by atoms with Gasteiger partial charge in [-0.25, -0.2) is 34.7 Å². The molecule has 0 saturated carbocycles. The minimum absolute atomic E-state index is 0.0845. The van der Waals surface area contributed by atoms with E-state index in [1.807, 2.05) is 128 Å². The molecule has 3 aromatic carbocycles. The average molecular weight is 1430 g/mol. The Labute approximate surface area is 599 Å². The van der Waals surface area contributed by atoms with Gasteiger partial charge in [-0.2, -0.15) is 0 Å². The number of benzene rings is 3. The number of hydrogen-bond acceptors (Lipinski definition) is 26. The second-order valence-electron chi connectivity index (χ2n) is 25.2. The Morgan fingerprint density at radius 2 is 0.980 bits per heavy atom. The van der Waals surface area contributed by atoms with E-state index in [4.69, 9.17) is 51.3 Å². The van der Waals surface area contributed by atoms with Crippen LogP contribution < -0.4 is 22.5 Å². The maximum absolute atomic E-state index is 10.5. The zero-order valence-electron chi connectivity index (χ0n) is 63.8. The van der Waals surface area contributed by atoms with Gasteiger partial charge in [-0.1, -0.05) is 117 Å². The van der Waals surface area contributed by atoms with Gasteiger partial charge in [0.2, 0.25) is 5.78 Å². The number of carbonyl (C=O) groups is 3. The summed E-state index contributed by atoms with van der Waals surface area (Å²) in [6.07, 6.45) is -4.77. The molecule has 0 spiro atoms. The Morgan fingerprint density at radius 3 is 1.38 bits per heavy atom. The molecule has 102 heavy (non-hydrogen) atoms. The Bertz CT molecular complexity index is 3950. The molecule has 0 aliphatic carbocycles. The molecule has 13 N–H and O–H groups in total. The standard InChI is InChI=1S/C19H26N4O.C13H15N5.C13H14N4O.2C8H17NO4.C6H8O4.3C2H6/c1-18(2,3)17-22-14-15(23(17)11-19(4,5)24-6)12-9-7-8-10-13(12)21-16(14)20;1-15-7-10-17-11-12(18(10)2)8-5-3-4-6-9(8)16-13(11)14;1-17-10(7-18-2)16-11-12(17)8-5-3-4-6-9(8)15-13(11)14;1-9-3-6(11)7(12)8(13-2)5(9)4-10;1-9-3-6(11)8(13-2)7(12)5(9)4-10;1-4(7)3-5(8)6(9)10-2;3*1-2/h7-10H,11H2,1-6H3,(H2,20,21);3-6,15H,7H2,1-2H3,(H2,14,16);3-6H,7H2,1-2H3,(H2,14,15);2*5-8,10-12H,3-4H2,1-2H3;3H2,1-2H3;3*1-2H3/t;;;2*5-,6+,7-,8-;;;;/m...11..../s1. The summed E-state index contributed by atoms with van der Waals surface area (Å²) in [6, 6.07) is 23.4. The third-order valence-corrected chi connectivity index (χ3v) is 16.7. The lowest BCUT2D eigenvalue weighted by molar-refractivity contribution is -0.152. The quantitative estimate of drug-likeness (QED) is 0.0338. The third-order valence-electron chi connectivity index (χ3n) is 16.7. The van der Waals surface area contributed by atoms with E-state index >= 15 is 0 Å². The summed E-state index contributed by atoms with van der Waals surface area (Å²) in [6.45, 7) is 26.3. The summed E-state index contributed by atoms with van der Waals surface area (Å²) in [5, 5.41) is 62.5. The molecular formula is C73H115N15O14. The number of nitrogens with zero attached hydrogens (tertiary/aromatic N) is 11. The first kappa shape index (κ1) is 88.2. The minimum Gasteiger partial charge on any atom is -0.463 e. The number of likely N-dealkylation sites (N-methyl/N-ethyl adjacent to an activating group) is 2. The molecule has 9 aromatic rings. The molecule has 2 aliphatic rings. The van der Waals surface area contributed by atoms with Crippen LogP contribution in [0.15, 0.2) is 72.8 Å². The number of methoxy groups -OCH3 is 5. The van der Waals surface area contributed by atoms with E-state index in [-0.39, 0.29) is 48.5 Å². The van der Waals surface area contributed by atoms with E-state index in [0.29, 0.717) is 50.2 Å². The monoisotopic (exact) mass is 1430 g/mol. The van der Waals surface area contributed by atoms with Crippen molar-refractivity contribution in [3.63, 3.8) is 0 Å². The fraction of sp³-hybridized carbons (Fsp3) is 0.548. The SMILES string of the molecule is CC.CC.CC.CNCc1nc2c(N)nc3ccccc3c2n1C.COC(=O)C(=O)CC(C)=O.COC(C)(C)Cn1c(C(C)(C)C)nc2c(N)nc3ccccc3c21.COCc1nc2c(N)nc3ccccc3c2n1C.CO[C@H]1[C@H](O)[C@@H](CO)N(C)C[C@@H]1O.CO[C@H]1[C@H](O)[C@@H](O)CN(C)[C@@H]1CO. The van der Waals surface area contributed by atoms with Crippen molar-refractivity contribution in [1.82, 2.24) is 58.7 Å². The number of carbonyl (C=O) groups excluding carboxylic acids is 3. The van der Waals surface area contributed by atoms with Crippen molar-refractivity contribution in [3.05, 3.63) is 90.3 Å². The highest BCUT2D eigenvalue weighted by Crippen LogP contribution is 2.35. The maximum Gasteiger partial charge on any atom is 0.374 e. The van der Waals surface area contributed by atoms with Gasteiger partial charge in [-0.3, -0.25) is 19.4 Å². The number of pyridine rings is 3. The lowest BCUT2D eigenvalue weighted by atomic mass is 9.95. The van der Waals surface area contributed by atoms with Gasteiger partial charge in [0.15, 0.2) is 17.5 Å². The lowest BCUT2D eigenvalue weighted by Crippen LogP contribution is -2.61. The van der Waals surface area contributed by atoms with Crippen molar-refractivity contribution in [2.45, 2.75) is 169 Å². The van der Waals surface area contributed by atoms with Gasteiger partial charge in [-0.05, 0) is 60.1 Å². The number of ketones is 2. The number of anilines is 3. The number of nitrogens with one attached hydrogen (secondary N) is 1.